The van der Waals surface area contributed by atoms with Crippen LogP contribution in [-0.2, 0) is 4.79 Å². The van der Waals surface area contributed by atoms with Gasteiger partial charge in [0, 0.05) is 17.6 Å². The predicted molar refractivity (Wildman–Crippen MR) is 65.2 cm³/mol. The number of urea groups is 1. The van der Waals surface area contributed by atoms with Gasteiger partial charge in [-0.25, -0.2) is 14.0 Å². The molecule has 0 aliphatic rings. The normalized spacial score (nSPS) is 10.3. The molecule has 18 heavy (non-hydrogen) atoms. The maximum Gasteiger partial charge on any atom is 0.328 e. The van der Waals surface area contributed by atoms with Crippen LogP contribution in [0.25, 0.3) is 0 Å². The third kappa shape index (κ3) is 4.84. The van der Waals surface area contributed by atoms with E-state index in [2.05, 4.69) is 10.6 Å². The average Bonchev–Trinajstić information content (AvgIpc) is 2.28. The SMILES string of the molecule is O=C(O)/C=C/CNC(=O)Nc1ccc(Cl)cc1F. The van der Waals surface area contributed by atoms with Crippen LogP contribution in [0.5, 0.6) is 0 Å². The second kappa shape index (κ2) is 6.61. The fourth-order valence-electron chi connectivity index (χ4n) is 1.07. The van der Waals surface area contributed by atoms with Crippen molar-refractivity contribution in [2.24, 2.45) is 0 Å². The number of amides is 2. The average molecular weight is 273 g/mol. The molecule has 0 heterocycles. The maximum atomic E-state index is 13.3. The van der Waals surface area contributed by atoms with Gasteiger partial charge < -0.3 is 15.7 Å². The summed E-state index contributed by atoms with van der Waals surface area (Å²) in [6.07, 6.45) is 2.14. The minimum absolute atomic E-state index is 0.0147. The van der Waals surface area contributed by atoms with Crippen molar-refractivity contribution in [3.8, 4) is 0 Å². The molecule has 1 aromatic rings. The van der Waals surface area contributed by atoms with Crippen LogP contribution < -0.4 is 10.6 Å². The lowest BCUT2D eigenvalue weighted by atomic mass is 10.3. The van der Waals surface area contributed by atoms with E-state index in [9.17, 15) is 14.0 Å². The zero-order valence-corrected chi connectivity index (χ0v) is 9.87. The number of nitrogens with one attached hydrogen (secondary N) is 2. The summed E-state index contributed by atoms with van der Waals surface area (Å²) in [5.41, 5.74) is -0.0147. The third-order valence-corrected chi connectivity index (χ3v) is 2.06. The minimum atomic E-state index is -1.11. The Balaban J connectivity index is 2.47. The zero-order chi connectivity index (χ0) is 13.5. The molecule has 0 bridgehead atoms. The van der Waals surface area contributed by atoms with Crippen LogP contribution in [-0.4, -0.2) is 23.7 Å². The fraction of sp³-hybridized carbons (Fsp3) is 0.0909. The lowest BCUT2D eigenvalue weighted by Crippen LogP contribution is -2.29. The number of hydrogen-bond acceptors (Lipinski definition) is 2. The first-order valence-electron chi connectivity index (χ1n) is 4.88. The van der Waals surface area contributed by atoms with Gasteiger partial charge in [-0.15, -0.1) is 0 Å². The maximum absolute atomic E-state index is 13.3. The van der Waals surface area contributed by atoms with Crippen LogP contribution in [0.15, 0.2) is 30.4 Å². The summed E-state index contributed by atoms with van der Waals surface area (Å²) < 4.78 is 13.3. The molecule has 2 amide bonds. The third-order valence-electron chi connectivity index (χ3n) is 1.82. The molecule has 0 saturated heterocycles. The molecule has 0 aliphatic heterocycles. The highest BCUT2D eigenvalue weighted by Crippen LogP contribution is 2.18. The van der Waals surface area contributed by atoms with Gasteiger partial charge in [0.1, 0.15) is 5.82 Å². The Labute approximate surface area is 107 Å². The molecule has 0 saturated carbocycles. The number of anilines is 1. The Bertz CT molecular complexity index is 491. The smallest absolute Gasteiger partial charge is 0.328 e. The molecule has 5 nitrogen and oxygen atoms in total. The molecule has 0 aliphatic carbocycles. The molecular formula is C11H10ClFN2O3. The highest BCUT2D eigenvalue weighted by molar-refractivity contribution is 6.30. The van der Waals surface area contributed by atoms with Crippen molar-refractivity contribution in [3.05, 3.63) is 41.2 Å². The number of benzene rings is 1. The molecule has 1 rings (SSSR count). The van der Waals surface area contributed by atoms with Crippen LogP contribution >= 0.6 is 11.6 Å². The fourth-order valence-corrected chi connectivity index (χ4v) is 1.23. The van der Waals surface area contributed by atoms with Crippen molar-refractivity contribution in [1.29, 1.82) is 0 Å². The lowest BCUT2D eigenvalue weighted by Gasteiger charge is -2.06. The first-order valence-corrected chi connectivity index (χ1v) is 5.26. The summed E-state index contributed by atoms with van der Waals surface area (Å²) in [5.74, 6) is -1.76. The van der Waals surface area contributed by atoms with Crippen LogP contribution in [0.4, 0.5) is 14.9 Å². The van der Waals surface area contributed by atoms with E-state index in [1.165, 1.54) is 18.2 Å². The van der Waals surface area contributed by atoms with Crippen molar-refractivity contribution in [1.82, 2.24) is 5.32 Å². The molecule has 0 fully saturated rings. The Kier molecular flexibility index (Phi) is 5.13. The standard InChI is InChI=1S/C11H10ClFN2O3/c12-7-3-4-9(8(13)6-7)15-11(18)14-5-1-2-10(16)17/h1-4,6H,5H2,(H,16,17)(H2,14,15,18)/b2-1+. The van der Waals surface area contributed by atoms with E-state index in [1.807, 2.05) is 0 Å². The highest BCUT2D eigenvalue weighted by Gasteiger charge is 2.06. The van der Waals surface area contributed by atoms with Gasteiger partial charge in [0.15, 0.2) is 0 Å². The summed E-state index contributed by atoms with van der Waals surface area (Å²) in [6.45, 7) is 0.0212. The second-order valence-corrected chi connectivity index (χ2v) is 3.64. The Morgan fingerprint density at radius 3 is 2.78 bits per heavy atom. The van der Waals surface area contributed by atoms with Gasteiger partial charge in [-0.05, 0) is 18.2 Å². The van der Waals surface area contributed by atoms with E-state index in [-0.39, 0.29) is 17.3 Å². The minimum Gasteiger partial charge on any atom is -0.478 e. The molecular weight excluding hydrogens is 263 g/mol. The number of carboxylic acid groups (broad SMARTS) is 1. The van der Waals surface area contributed by atoms with Gasteiger partial charge in [-0.3, -0.25) is 0 Å². The zero-order valence-electron chi connectivity index (χ0n) is 9.11. The quantitative estimate of drug-likeness (QED) is 0.736. The van der Waals surface area contributed by atoms with E-state index >= 15 is 0 Å². The first-order chi connectivity index (χ1) is 8.49. The lowest BCUT2D eigenvalue weighted by molar-refractivity contribution is -0.131. The van der Waals surface area contributed by atoms with Gasteiger partial charge in [-0.2, -0.15) is 0 Å². The number of halogens is 2. The summed E-state index contributed by atoms with van der Waals surface area (Å²) in [7, 11) is 0. The highest BCUT2D eigenvalue weighted by atomic mass is 35.5. The van der Waals surface area contributed by atoms with E-state index in [0.29, 0.717) is 0 Å². The Hall–Kier alpha value is -2.08. The van der Waals surface area contributed by atoms with Crippen molar-refractivity contribution in [2.75, 3.05) is 11.9 Å². The van der Waals surface area contributed by atoms with Gasteiger partial charge in [0.25, 0.3) is 0 Å². The van der Waals surface area contributed by atoms with E-state index < -0.39 is 17.8 Å². The van der Waals surface area contributed by atoms with Crippen molar-refractivity contribution >= 4 is 29.3 Å². The number of rotatable bonds is 4. The topological polar surface area (TPSA) is 78.4 Å². The summed E-state index contributed by atoms with van der Waals surface area (Å²) in [6, 6.07) is 3.18. The number of carboxylic acids is 1. The van der Waals surface area contributed by atoms with E-state index in [4.69, 9.17) is 16.7 Å². The summed E-state index contributed by atoms with van der Waals surface area (Å²) in [4.78, 5) is 21.4. The predicted octanol–water partition coefficient (Wildman–Crippen LogP) is 2.24. The molecule has 96 valence electrons. The number of aliphatic carboxylic acids is 1. The Morgan fingerprint density at radius 2 is 2.17 bits per heavy atom. The Morgan fingerprint density at radius 1 is 1.44 bits per heavy atom. The summed E-state index contributed by atoms with van der Waals surface area (Å²) in [5, 5.41) is 13.1. The van der Waals surface area contributed by atoms with Crippen LogP contribution in [0.2, 0.25) is 5.02 Å². The van der Waals surface area contributed by atoms with Gasteiger partial charge in [0.2, 0.25) is 0 Å². The first kappa shape index (κ1) is 14.0. The van der Waals surface area contributed by atoms with Crippen molar-refractivity contribution < 1.29 is 19.1 Å². The molecule has 7 heteroatoms. The van der Waals surface area contributed by atoms with Gasteiger partial charge in [-0.1, -0.05) is 17.7 Å². The van der Waals surface area contributed by atoms with Gasteiger partial charge in [0.05, 0.1) is 5.69 Å². The van der Waals surface area contributed by atoms with Crippen molar-refractivity contribution in [3.63, 3.8) is 0 Å². The summed E-state index contributed by atoms with van der Waals surface area (Å²) >= 11 is 5.55. The molecule has 0 spiro atoms. The van der Waals surface area contributed by atoms with E-state index in [1.54, 1.807) is 0 Å². The monoisotopic (exact) mass is 272 g/mol. The number of carbonyl (C=O) groups is 2. The van der Waals surface area contributed by atoms with Gasteiger partial charge >= 0.3 is 12.0 Å². The molecule has 0 atom stereocenters. The molecule has 0 unspecified atom stereocenters. The second-order valence-electron chi connectivity index (χ2n) is 3.20. The van der Waals surface area contributed by atoms with Crippen molar-refractivity contribution in [2.45, 2.75) is 0 Å². The molecule has 0 aromatic heterocycles. The number of hydrogen-bond donors (Lipinski definition) is 3. The van der Waals surface area contributed by atoms with Crippen LogP contribution in [0.1, 0.15) is 0 Å². The van der Waals surface area contributed by atoms with Crippen LogP contribution in [0.3, 0.4) is 0 Å². The van der Waals surface area contributed by atoms with E-state index in [0.717, 1.165) is 12.1 Å². The molecule has 3 N–H and O–H groups in total. The largest absolute Gasteiger partial charge is 0.478 e. The molecule has 1 aromatic carbocycles. The molecule has 0 radical (unpaired) electrons. The van der Waals surface area contributed by atoms with Crippen LogP contribution in [0, 0.1) is 5.82 Å². The number of carbonyl (C=O) groups excluding carboxylic acids is 1.